The van der Waals surface area contributed by atoms with Gasteiger partial charge in [-0.2, -0.15) is 0 Å². The van der Waals surface area contributed by atoms with Crippen molar-refractivity contribution in [1.82, 2.24) is 4.90 Å². The minimum absolute atomic E-state index is 0.313. The minimum atomic E-state index is -0.832. The molecule has 1 saturated heterocycles. The first kappa shape index (κ1) is 21.0. The van der Waals surface area contributed by atoms with Crippen molar-refractivity contribution in [2.24, 2.45) is 5.73 Å². The van der Waals surface area contributed by atoms with Gasteiger partial charge < -0.3 is 11.1 Å². The third-order valence-electron chi connectivity index (χ3n) is 5.52. The number of aryl methyl sites for hydroxylation is 1. The Balaban J connectivity index is 1.52. The van der Waals surface area contributed by atoms with Crippen LogP contribution in [0.25, 0.3) is 0 Å². The van der Waals surface area contributed by atoms with E-state index < -0.39 is 42.2 Å². The molecule has 1 aromatic carbocycles. The Morgan fingerprint density at radius 3 is 2.55 bits per heavy atom. The summed E-state index contributed by atoms with van der Waals surface area (Å²) in [6.07, 6.45) is 3.51. The van der Waals surface area contributed by atoms with Crippen LogP contribution in [0.4, 0.5) is 19.9 Å². The molecule has 0 spiro atoms. The van der Waals surface area contributed by atoms with Gasteiger partial charge in [0.1, 0.15) is 23.4 Å². The summed E-state index contributed by atoms with van der Waals surface area (Å²) in [4.78, 5) is 53.2. The number of primary amides is 1. The number of hydrogen-bond donors (Lipinski definition) is 2. The lowest BCUT2D eigenvalue weighted by Gasteiger charge is -2.19. The number of carbonyl (C=O) groups excluding carboxylic acids is 4. The normalized spacial score (nSPS) is 18.3. The molecular formula is C21H21FN4O4S. The van der Waals surface area contributed by atoms with E-state index in [4.69, 9.17) is 5.73 Å². The number of anilines is 2. The van der Waals surface area contributed by atoms with Crippen molar-refractivity contribution in [2.75, 3.05) is 16.8 Å². The number of urea groups is 1. The molecule has 1 atom stereocenters. The van der Waals surface area contributed by atoms with Gasteiger partial charge in [-0.15, -0.1) is 11.3 Å². The number of benzene rings is 1. The monoisotopic (exact) mass is 444 g/mol. The molecular weight excluding hydrogens is 423 g/mol. The molecule has 31 heavy (non-hydrogen) atoms. The van der Waals surface area contributed by atoms with Crippen molar-refractivity contribution in [1.29, 1.82) is 0 Å². The molecule has 1 aliphatic carbocycles. The van der Waals surface area contributed by atoms with Gasteiger partial charge in [0.05, 0.1) is 5.56 Å². The molecule has 10 heteroatoms. The van der Waals surface area contributed by atoms with Gasteiger partial charge in [-0.05, 0) is 62.4 Å². The molecule has 1 aromatic heterocycles. The molecule has 4 rings (SSSR count). The van der Waals surface area contributed by atoms with Crippen LogP contribution in [0, 0.1) is 5.82 Å². The van der Waals surface area contributed by atoms with Gasteiger partial charge in [0.25, 0.3) is 11.8 Å². The summed E-state index contributed by atoms with van der Waals surface area (Å²) < 4.78 is 13.2. The van der Waals surface area contributed by atoms with Gasteiger partial charge in [-0.3, -0.25) is 24.2 Å². The Bertz CT molecular complexity index is 1080. The van der Waals surface area contributed by atoms with E-state index in [1.165, 1.54) is 40.5 Å². The van der Waals surface area contributed by atoms with Crippen molar-refractivity contribution in [3.63, 3.8) is 0 Å². The summed E-state index contributed by atoms with van der Waals surface area (Å²) in [5.41, 5.74) is 7.09. The molecule has 2 aromatic rings. The van der Waals surface area contributed by atoms with E-state index in [1.807, 2.05) is 0 Å². The number of thiophene rings is 1. The quantitative estimate of drug-likeness (QED) is 0.691. The second-order valence-corrected chi connectivity index (χ2v) is 8.66. The molecule has 2 heterocycles. The summed E-state index contributed by atoms with van der Waals surface area (Å²) in [6, 6.07) is 3.69. The highest BCUT2D eigenvalue weighted by Gasteiger charge is 2.44. The van der Waals surface area contributed by atoms with Gasteiger partial charge in [-0.1, -0.05) is 0 Å². The molecule has 0 saturated carbocycles. The van der Waals surface area contributed by atoms with E-state index in [-0.39, 0.29) is 0 Å². The number of halogens is 1. The van der Waals surface area contributed by atoms with Crippen molar-refractivity contribution in [2.45, 2.75) is 38.6 Å². The van der Waals surface area contributed by atoms with Gasteiger partial charge in [0.2, 0.25) is 5.91 Å². The van der Waals surface area contributed by atoms with Crippen molar-refractivity contribution in [3.8, 4) is 0 Å². The zero-order valence-electron chi connectivity index (χ0n) is 16.8. The van der Waals surface area contributed by atoms with Crippen LogP contribution in [0.15, 0.2) is 24.3 Å². The highest BCUT2D eigenvalue weighted by Crippen LogP contribution is 2.38. The smallest absolute Gasteiger partial charge is 0.332 e. The Morgan fingerprint density at radius 1 is 1.19 bits per heavy atom. The summed E-state index contributed by atoms with van der Waals surface area (Å²) in [7, 11) is 0. The fourth-order valence-corrected chi connectivity index (χ4v) is 5.34. The van der Waals surface area contributed by atoms with Crippen LogP contribution in [0.1, 0.15) is 40.6 Å². The van der Waals surface area contributed by atoms with E-state index in [0.29, 0.717) is 16.3 Å². The topological polar surface area (TPSA) is 113 Å². The molecule has 3 N–H and O–H groups in total. The number of nitrogens with two attached hydrogens (primary N) is 1. The largest absolute Gasteiger partial charge is 0.365 e. The predicted molar refractivity (Wildman–Crippen MR) is 114 cm³/mol. The lowest BCUT2D eigenvalue weighted by atomic mass is 9.95. The Kier molecular flexibility index (Phi) is 5.48. The Hall–Kier alpha value is -3.27. The minimum Gasteiger partial charge on any atom is -0.365 e. The van der Waals surface area contributed by atoms with Crippen LogP contribution in [0.5, 0.6) is 0 Å². The second-order valence-electron chi connectivity index (χ2n) is 7.56. The van der Waals surface area contributed by atoms with Crippen LogP contribution in [-0.4, -0.2) is 41.2 Å². The van der Waals surface area contributed by atoms with Crippen LogP contribution in [-0.2, 0) is 22.4 Å². The van der Waals surface area contributed by atoms with Gasteiger partial charge in [-0.25, -0.2) is 9.18 Å². The Morgan fingerprint density at radius 2 is 1.87 bits per heavy atom. The highest BCUT2D eigenvalue weighted by atomic mass is 32.1. The molecule has 1 fully saturated rings. The van der Waals surface area contributed by atoms with Crippen LogP contribution in [0.2, 0.25) is 0 Å². The molecule has 162 valence electrons. The molecule has 0 bridgehead atoms. The first-order chi connectivity index (χ1) is 14.8. The zero-order chi connectivity index (χ0) is 22.3. The third kappa shape index (κ3) is 3.78. The van der Waals surface area contributed by atoms with E-state index in [9.17, 15) is 23.6 Å². The van der Waals surface area contributed by atoms with Crippen molar-refractivity contribution in [3.05, 3.63) is 46.1 Å². The number of imide groups is 1. The maximum Gasteiger partial charge on any atom is 0.332 e. The number of fused-ring (bicyclic) bond motifs is 1. The van der Waals surface area contributed by atoms with Crippen LogP contribution < -0.4 is 16.0 Å². The van der Waals surface area contributed by atoms with Gasteiger partial charge in [0.15, 0.2) is 0 Å². The van der Waals surface area contributed by atoms with Crippen molar-refractivity contribution < 1.29 is 23.6 Å². The Labute approximate surface area is 181 Å². The number of nitrogens with zero attached hydrogens (tertiary/aromatic N) is 2. The average Bonchev–Trinajstić information content (AvgIpc) is 3.19. The van der Waals surface area contributed by atoms with E-state index >= 15 is 0 Å². The van der Waals surface area contributed by atoms with E-state index in [1.54, 1.807) is 6.92 Å². The number of amides is 5. The predicted octanol–water partition coefficient (Wildman–Crippen LogP) is 2.66. The molecule has 1 unspecified atom stereocenters. The summed E-state index contributed by atoms with van der Waals surface area (Å²) in [5.74, 6) is -2.21. The molecule has 2 aliphatic rings. The highest BCUT2D eigenvalue weighted by molar-refractivity contribution is 7.17. The second kappa shape index (κ2) is 8.10. The average molecular weight is 444 g/mol. The third-order valence-corrected chi connectivity index (χ3v) is 6.73. The van der Waals surface area contributed by atoms with Gasteiger partial charge >= 0.3 is 6.03 Å². The van der Waals surface area contributed by atoms with E-state index in [2.05, 4.69) is 5.32 Å². The number of nitrogens with one attached hydrogen (secondary N) is 1. The lowest BCUT2D eigenvalue weighted by molar-refractivity contribution is -0.130. The maximum absolute atomic E-state index is 13.2. The first-order valence-corrected chi connectivity index (χ1v) is 10.7. The van der Waals surface area contributed by atoms with Gasteiger partial charge in [0, 0.05) is 10.6 Å². The van der Waals surface area contributed by atoms with E-state index in [0.717, 1.165) is 41.0 Å². The summed E-state index contributed by atoms with van der Waals surface area (Å²) in [5, 5.41) is 3.01. The summed E-state index contributed by atoms with van der Waals surface area (Å²) in [6.45, 7) is 1.04. The number of carbonyl (C=O) groups is 4. The molecule has 8 nitrogen and oxygen atoms in total. The van der Waals surface area contributed by atoms with Crippen LogP contribution >= 0.6 is 11.3 Å². The molecule has 5 amide bonds. The van der Waals surface area contributed by atoms with Crippen molar-refractivity contribution >= 4 is 45.8 Å². The number of rotatable bonds is 5. The molecule has 1 aliphatic heterocycles. The zero-order valence-corrected chi connectivity index (χ0v) is 17.6. The number of hydrogen-bond acceptors (Lipinski definition) is 5. The first-order valence-electron chi connectivity index (χ1n) is 9.92. The lowest BCUT2D eigenvalue weighted by Crippen LogP contribution is -2.39. The fraction of sp³-hybridized carbons (Fsp3) is 0.333. The fourth-order valence-electron chi connectivity index (χ4n) is 4.03. The SMILES string of the molecule is CC1C(=O)N(CC(=O)Nc2sc3c(c2C(N)=O)CCCC3)C(=O)N1c1ccc(F)cc1. The maximum atomic E-state index is 13.2. The standard InChI is InChI=1S/C21H21FN4O4S/c1-11-20(29)25(21(30)26(11)13-8-6-12(22)7-9-13)10-16(27)24-19-17(18(23)28)14-4-2-3-5-15(14)31-19/h6-9,11H,2-5,10H2,1H3,(H2,23,28)(H,24,27). The van der Waals surface area contributed by atoms with Crippen LogP contribution in [0.3, 0.4) is 0 Å². The summed E-state index contributed by atoms with van der Waals surface area (Å²) >= 11 is 1.31. The molecule has 0 radical (unpaired) electrons.